The van der Waals surface area contributed by atoms with Crippen LogP contribution in [0.25, 0.3) is 21.9 Å². The summed E-state index contributed by atoms with van der Waals surface area (Å²) >= 11 is 0. The Kier molecular flexibility index (Phi) is 9.96. The largest absolute Gasteiger partial charge is 0.384 e. The molecule has 172 valence electrons. The van der Waals surface area contributed by atoms with E-state index in [9.17, 15) is 0 Å². The minimum atomic E-state index is 0. The summed E-state index contributed by atoms with van der Waals surface area (Å²) < 4.78 is 2.06. The van der Waals surface area contributed by atoms with Gasteiger partial charge in [-0.1, -0.05) is 18.2 Å². The Bertz CT molecular complexity index is 952. The lowest BCUT2D eigenvalue weighted by Crippen LogP contribution is -2.24. The number of hydrogen-bond acceptors (Lipinski definition) is 6. The molecule has 3 rings (SSSR count). The molecule has 0 radical (unpaired) electrons. The average molecular weight is 448 g/mol. The van der Waals surface area contributed by atoms with Crippen molar-refractivity contribution in [3.05, 3.63) is 30.0 Å². The number of anilines is 1. The maximum atomic E-state index is 4.97. The topological polar surface area (TPSA) is 61.3 Å². The van der Waals surface area contributed by atoms with Crippen molar-refractivity contribution in [2.24, 2.45) is 0 Å². The first-order chi connectivity index (χ1) is 14.5. The van der Waals surface area contributed by atoms with Crippen LogP contribution in [0.1, 0.15) is 18.5 Å². The number of halogens is 1. The summed E-state index contributed by atoms with van der Waals surface area (Å²) in [5.41, 5.74) is 4.18. The van der Waals surface area contributed by atoms with Crippen molar-refractivity contribution in [3.63, 3.8) is 0 Å². The molecule has 31 heavy (non-hydrogen) atoms. The van der Waals surface area contributed by atoms with E-state index in [1.165, 1.54) is 5.39 Å². The summed E-state index contributed by atoms with van der Waals surface area (Å²) in [6.45, 7) is 7.92. The Morgan fingerprint density at radius 2 is 1.61 bits per heavy atom. The number of pyridine rings is 1. The summed E-state index contributed by atoms with van der Waals surface area (Å²) in [6.07, 6.45) is 2.24. The molecule has 0 fully saturated rings. The predicted molar refractivity (Wildman–Crippen MR) is 135 cm³/mol. The highest BCUT2D eigenvalue weighted by molar-refractivity contribution is 6.07. The van der Waals surface area contributed by atoms with Gasteiger partial charge < -0.3 is 20.4 Å². The Morgan fingerprint density at radius 1 is 0.935 bits per heavy atom. The van der Waals surface area contributed by atoms with Gasteiger partial charge in [-0.2, -0.15) is 5.10 Å². The lowest BCUT2D eigenvalue weighted by Gasteiger charge is -2.14. The minimum Gasteiger partial charge on any atom is -0.384 e. The van der Waals surface area contributed by atoms with E-state index in [1.54, 1.807) is 0 Å². The number of nitrogens with zero attached hydrogens (tertiary/aromatic N) is 5. The molecule has 2 aromatic heterocycles. The molecule has 2 heterocycles. The first-order valence-corrected chi connectivity index (χ1v) is 11.0. The summed E-state index contributed by atoms with van der Waals surface area (Å²) in [6, 6.07) is 8.38. The fraction of sp³-hybridized carbons (Fsp3) is 0.565. The molecule has 0 saturated carbocycles. The molecular weight excluding hydrogens is 410 g/mol. The second-order valence-electron chi connectivity index (χ2n) is 8.50. The van der Waals surface area contributed by atoms with Crippen molar-refractivity contribution < 1.29 is 0 Å². The van der Waals surface area contributed by atoms with Crippen LogP contribution in [0.3, 0.4) is 0 Å². The molecule has 0 aliphatic heterocycles. The monoisotopic (exact) mass is 447 g/mol. The van der Waals surface area contributed by atoms with E-state index in [-0.39, 0.29) is 12.4 Å². The second-order valence-corrected chi connectivity index (χ2v) is 8.50. The molecule has 0 spiro atoms. The number of rotatable bonds is 12. The molecule has 0 aliphatic carbocycles. The molecule has 0 unspecified atom stereocenters. The van der Waals surface area contributed by atoms with Crippen molar-refractivity contribution in [1.29, 1.82) is 0 Å². The molecule has 0 amide bonds. The van der Waals surface area contributed by atoms with Gasteiger partial charge in [0.2, 0.25) is 0 Å². The second kappa shape index (κ2) is 12.2. The SMILES string of the molecule is Cc1nn(CCNCCCN(C)C)c2nc3ccccc3c(NCCCN(C)C)c12.Cl. The Labute approximate surface area is 192 Å². The van der Waals surface area contributed by atoms with Crippen LogP contribution in [0.2, 0.25) is 0 Å². The fourth-order valence-electron chi connectivity index (χ4n) is 3.79. The maximum absolute atomic E-state index is 4.97. The highest BCUT2D eigenvalue weighted by Crippen LogP contribution is 2.32. The third-order valence-electron chi connectivity index (χ3n) is 5.29. The normalized spacial score (nSPS) is 11.6. The van der Waals surface area contributed by atoms with E-state index in [0.717, 1.165) is 80.0 Å². The van der Waals surface area contributed by atoms with E-state index in [4.69, 9.17) is 10.1 Å². The number of benzene rings is 1. The highest BCUT2D eigenvalue weighted by Gasteiger charge is 2.16. The molecule has 2 N–H and O–H groups in total. The molecule has 3 aromatic rings. The smallest absolute Gasteiger partial charge is 0.160 e. The van der Waals surface area contributed by atoms with E-state index >= 15 is 0 Å². The van der Waals surface area contributed by atoms with Gasteiger partial charge in [-0.3, -0.25) is 0 Å². The maximum Gasteiger partial charge on any atom is 0.160 e. The van der Waals surface area contributed by atoms with Gasteiger partial charge >= 0.3 is 0 Å². The lowest BCUT2D eigenvalue weighted by atomic mass is 10.1. The molecule has 0 bridgehead atoms. The molecule has 0 aliphatic rings. The number of aryl methyl sites for hydroxylation is 1. The number of nitrogens with one attached hydrogen (secondary N) is 2. The van der Waals surface area contributed by atoms with Crippen LogP contribution in [0.4, 0.5) is 5.69 Å². The standard InChI is InChI=1S/C23H37N7.ClH/c1-18-21-22(25-13-9-16-29(4)5)19-10-6-7-11-20(19)26-23(21)30(27-18)17-14-24-12-8-15-28(2)3;/h6-7,10-11,24H,8-9,12-17H2,1-5H3,(H,25,26);1H. The van der Waals surface area contributed by atoms with Gasteiger partial charge in [0.25, 0.3) is 0 Å². The van der Waals surface area contributed by atoms with Gasteiger partial charge in [-0.15, -0.1) is 12.4 Å². The lowest BCUT2D eigenvalue weighted by molar-refractivity contribution is 0.393. The third kappa shape index (κ3) is 6.77. The van der Waals surface area contributed by atoms with E-state index < -0.39 is 0 Å². The van der Waals surface area contributed by atoms with Crippen molar-refractivity contribution in [3.8, 4) is 0 Å². The van der Waals surface area contributed by atoms with Gasteiger partial charge in [0.15, 0.2) is 5.65 Å². The van der Waals surface area contributed by atoms with Gasteiger partial charge in [-0.05, 0) is 73.7 Å². The quantitative estimate of drug-likeness (QED) is 0.416. The van der Waals surface area contributed by atoms with Crippen LogP contribution in [0, 0.1) is 6.92 Å². The van der Waals surface area contributed by atoms with Crippen molar-refractivity contribution in [1.82, 2.24) is 29.9 Å². The van der Waals surface area contributed by atoms with Crippen LogP contribution in [-0.2, 0) is 6.54 Å². The van der Waals surface area contributed by atoms with Gasteiger partial charge in [0.1, 0.15) is 0 Å². The zero-order chi connectivity index (χ0) is 21.5. The average Bonchev–Trinajstić information content (AvgIpc) is 3.02. The van der Waals surface area contributed by atoms with Crippen LogP contribution < -0.4 is 10.6 Å². The minimum absolute atomic E-state index is 0. The van der Waals surface area contributed by atoms with Gasteiger partial charge in [0.05, 0.1) is 28.8 Å². The van der Waals surface area contributed by atoms with E-state index in [2.05, 4.69) is 84.5 Å². The van der Waals surface area contributed by atoms with Crippen LogP contribution in [-0.4, -0.2) is 85.5 Å². The van der Waals surface area contributed by atoms with Crippen LogP contribution in [0.15, 0.2) is 24.3 Å². The summed E-state index contributed by atoms with van der Waals surface area (Å²) in [7, 11) is 8.45. The van der Waals surface area contributed by atoms with Crippen molar-refractivity contribution in [2.45, 2.75) is 26.3 Å². The molecule has 7 nitrogen and oxygen atoms in total. The summed E-state index contributed by atoms with van der Waals surface area (Å²) in [5.74, 6) is 0. The third-order valence-corrected chi connectivity index (χ3v) is 5.29. The van der Waals surface area contributed by atoms with Crippen molar-refractivity contribution in [2.75, 3.05) is 66.2 Å². The Hall–Kier alpha value is -1.93. The summed E-state index contributed by atoms with van der Waals surface area (Å²) in [4.78, 5) is 9.41. The highest BCUT2D eigenvalue weighted by atomic mass is 35.5. The van der Waals surface area contributed by atoms with Crippen molar-refractivity contribution >= 4 is 40.0 Å². The predicted octanol–water partition coefficient (Wildman–Crippen LogP) is 3.22. The number of fused-ring (bicyclic) bond motifs is 2. The van der Waals surface area contributed by atoms with Gasteiger partial charge in [0, 0.05) is 18.5 Å². The van der Waals surface area contributed by atoms with Crippen LogP contribution in [0.5, 0.6) is 0 Å². The number of hydrogen-bond donors (Lipinski definition) is 2. The zero-order valence-corrected chi connectivity index (χ0v) is 20.4. The molecular formula is C23H38ClN7. The fourth-order valence-corrected chi connectivity index (χ4v) is 3.79. The number of para-hydroxylation sites is 1. The van der Waals surface area contributed by atoms with E-state index in [0.29, 0.717) is 0 Å². The molecule has 0 saturated heterocycles. The van der Waals surface area contributed by atoms with Gasteiger partial charge in [-0.25, -0.2) is 9.67 Å². The first-order valence-electron chi connectivity index (χ1n) is 11.0. The molecule has 1 aromatic carbocycles. The zero-order valence-electron chi connectivity index (χ0n) is 19.6. The Balaban J connectivity index is 0.00000341. The summed E-state index contributed by atoms with van der Waals surface area (Å²) in [5, 5.41) is 14.4. The van der Waals surface area contributed by atoms with Crippen LogP contribution >= 0.6 is 12.4 Å². The first kappa shape index (κ1) is 25.3. The Morgan fingerprint density at radius 3 is 2.32 bits per heavy atom. The molecule has 8 heteroatoms. The molecule has 0 atom stereocenters. The van der Waals surface area contributed by atoms with E-state index in [1.807, 2.05) is 0 Å². The number of aromatic nitrogens is 3.